The molecule has 0 radical (unpaired) electrons. The molecule has 4 nitrogen and oxygen atoms in total. The van der Waals surface area contributed by atoms with E-state index in [1.54, 1.807) is 30.2 Å². The predicted molar refractivity (Wildman–Crippen MR) is 100 cm³/mol. The Hall–Kier alpha value is -1.56. The summed E-state index contributed by atoms with van der Waals surface area (Å²) in [6.07, 6.45) is 5.83. The van der Waals surface area contributed by atoms with Crippen LogP contribution in [0.3, 0.4) is 0 Å². The van der Waals surface area contributed by atoms with Crippen LogP contribution in [0.5, 0.6) is 0 Å². The van der Waals surface area contributed by atoms with Crippen LogP contribution in [0, 0.1) is 5.92 Å². The standard InChI is InChI=1S/C19H20ClN3OS/c20-16-5-8-21-11-18(16)25-15-3-1-14(2-4-15)19(24)22-17-12-23-9-6-13(17)7-10-23/h1-5,8,11,13,17H,6-7,9-10,12H2,(H,22,24). The second kappa shape index (κ2) is 7.36. The molecule has 3 aliphatic rings. The van der Waals surface area contributed by atoms with Gasteiger partial charge in [0.25, 0.3) is 5.91 Å². The number of benzene rings is 1. The number of halogens is 1. The number of amides is 1. The number of hydrogen-bond acceptors (Lipinski definition) is 4. The van der Waals surface area contributed by atoms with E-state index in [1.807, 2.05) is 24.3 Å². The largest absolute Gasteiger partial charge is 0.348 e. The fraction of sp³-hybridized carbons (Fsp3) is 0.368. The number of carbonyl (C=O) groups is 1. The third-order valence-electron chi connectivity index (χ3n) is 5.05. The minimum Gasteiger partial charge on any atom is -0.348 e. The monoisotopic (exact) mass is 373 g/mol. The smallest absolute Gasteiger partial charge is 0.251 e. The first-order valence-corrected chi connectivity index (χ1v) is 9.79. The first-order valence-electron chi connectivity index (χ1n) is 8.60. The van der Waals surface area contributed by atoms with E-state index in [2.05, 4.69) is 15.2 Å². The van der Waals surface area contributed by atoms with Crippen LogP contribution < -0.4 is 5.32 Å². The SMILES string of the molecule is O=C(NC1CN2CCC1CC2)c1ccc(Sc2cnccc2Cl)cc1. The van der Waals surface area contributed by atoms with Crippen LogP contribution >= 0.6 is 23.4 Å². The van der Waals surface area contributed by atoms with E-state index in [1.165, 1.54) is 25.9 Å². The molecule has 1 unspecified atom stereocenters. The minimum absolute atomic E-state index is 0.0229. The maximum Gasteiger partial charge on any atom is 0.251 e. The van der Waals surface area contributed by atoms with Gasteiger partial charge in [0.05, 0.1) is 5.02 Å². The third kappa shape index (κ3) is 3.84. The zero-order valence-electron chi connectivity index (χ0n) is 13.8. The van der Waals surface area contributed by atoms with Crippen molar-refractivity contribution in [2.75, 3.05) is 19.6 Å². The molecule has 1 aromatic carbocycles. The average Bonchev–Trinajstić information content (AvgIpc) is 2.65. The highest BCUT2D eigenvalue weighted by Crippen LogP contribution is 2.32. The zero-order chi connectivity index (χ0) is 17.2. The Morgan fingerprint density at radius 3 is 2.60 bits per heavy atom. The van der Waals surface area contributed by atoms with Gasteiger partial charge in [0.15, 0.2) is 0 Å². The van der Waals surface area contributed by atoms with Gasteiger partial charge < -0.3 is 10.2 Å². The van der Waals surface area contributed by atoms with Crippen LogP contribution in [0.25, 0.3) is 0 Å². The second-order valence-electron chi connectivity index (χ2n) is 6.65. The van der Waals surface area contributed by atoms with Crippen LogP contribution in [0.15, 0.2) is 52.5 Å². The number of fused-ring (bicyclic) bond motifs is 3. The van der Waals surface area contributed by atoms with Crippen molar-refractivity contribution in [1.82, 2.24) is 15.2 Å². The van der Waals surface area contributed by atoms with Crippen molar-refractivity contribution in [2.45, 2.75) is 28.7 Å². The maximum atomic E-state index is 12.5. The summed E-state index contributed by atoms with van der Waals surface area (Å²) < 4.78 is 0. The van der Waals surface area contributed by atoms with Gasteiger partial charge in [-0.25, -0.2) is 0 Å². The van der Waals surface area contributed by atoms with Crippen molar-refractivity contribution in [3.8, 4) is 0 Å². The van der Waals surface area contributed by atoms with E-state index >= 15 is 0 Å². The first-order chi connectivity index (χ1) is 12.2. The molecule has 6 heteroatoms. The van der Waals surface area contributed by atoms with Crippen molar-refractivity contribution >= 4 is 29.3 Å². The first kappa shape index (κ1) is 16.9. The molecule has 2 aromatic rings. The topological polar surface area (TPSA) is 45.2 Å². The fourth-order valence-corrected chi connectivity index (χ4v) is 4.65. The number of nitrogens with zero attached hydrogens (tertiary/aromatic N) is 2. The zero-order valence-corrected chi connectivity index (χ0v) is 15.4. The maximum absolute atomic E-state index is 12.5. The van der Waals surface area contributed by atoms with Gasteiger partial charge in [0.1, 0.15) is 0 Å². The summed E-state index contributed by atoms with van der Waals surface area (Å²) in [5.74, 6) is 0.659. The number of aromatic nitrogens is 1. The molecule has 5 rings (SSSR count). The fourth-order valence-electron chi connectivity index (χ4n) is 3.62. The highest BCUT2D eigenvalue weighted by Gasteiger charge is 2.34. The molecule has 130 valence electrons. The molecular formula is C19H20ClN3OS. The molecule has 0 spiro atoms. The lowest BCUT2D eigenvalue weighted by molar-refractivity contribution is 0.0620. The molecule has 4 heterocycles. The normalized spacial score (nSPS) is 24.9. The summed E-state index contributed by atoms with van der Waals surface area (Å²) in [4.78, 5) is 21.0. The van der Waals surface area contributed by atoms with Crippen molar-refractivity contribution in [3.05, 3.63) is 53.3 Å². The summed E-state index contributed by atoms with van der Waals surface area (Å²) in [5, 5.41) is 3.91. The van der Waals surface area contributed by atoms with E-state index in [9.17, 15) is 4.79 Å². The quantitative estimate of drug-likeness (QED) is 0.887. The Morgan fingerprint density at radius 1 is 1.20 bits per heavy atom. The Kier molecular flexibility index (Phi) is 4.97. The second-order valence-corrected chi connectivity index (χ2v) is 8.17. The van der Waals surface area contributed by atoms with Gasteiger partial charge in [0, 0.05) is 40.3 Å². The lowest BCUT2D eigenvalue weighted by atomic mass is 9.84. The Balaban J connectivity index is 1.40. The van der Waals surface area contributed by atoms with Crippen LogP contribution in [0.1, 0.15) is 23.2 Å². The lowest BCUT2D eigenvalue weighted by Gasteiger charge is -2.44. The molecule has 0 saturated carbocycles. The summed E-state index contributed by atoms with van der Waals surface area (Å²) in [6, 6.07) is 9.74. The Labute approximate surface area is 157 Å². The van der Waals surface area contributed by atoms with Gasteiger partial charge in [-0.15, -0.1) is 0 Å². The van der Waals surface area contributed by atoms with Gasteiger partial charge >= 0.3 is 0 Å². The Morgan fingerprint density at radius 2 is 1.96 bits per heavy atom. The molecule has 3 aliphatic heterocycles. The molecule has 3 saturated heterocycles. The van der Waals surface area contributed by atoms with Gasteiger partial charge in [-0.3, -0.25) is 9.78 Å². The van der Waals surface area contributed by atoms with Crippen LogP contribution in [-0.4, -0.2) is 41.5 Å². The number of hydrogen-bond donors (Lipinski definition) is 1. The molecular weight excluding hydrogens is 354 g/mol. The van der Waals surface area contributed by atoms with Crippen LogP contribution in [-0.2, 0) is 0 Å². The number of piperidine rings is 3. The van der Waals surface area contributed by atoms with Crippen molar-refractivity contribution < 1.29 is 4.79 Å². The molecule has 25 heavy (non-hydrogen) atoms. The molecule has 2 bridgehead atoms. The minimum atomic E-state index is 0.0229. The average molecular weight is 374 g/mol. The number of nitrogens with one attached hydrogen (secondary N) is 1. The summed E-state index contributed by atoms with van der Waals surface area (Å²) in [5.41, 5.74) is 0.707. The van der Waals surface area contributed by atoms with Crippen molar-refractivity contribution in [2.24, 2.45) is 5.92 Å². The Bertz CT molecular complexity index is 760. The van der Waals surface area contributed by atoms with Gasteiger partial charge in [-0.1, -0.05) is 23.4 Å². The number of carbonyl (C=O) groups excluding carboxylic acids is 1. The van der Waals surface area contributed by atoms with E-state index in [0.29, 0.717) is 22.5 Å². The van der Waals surface area contributed by atoms with Crippen LogP contribution in [0.2, 0.25) is 5.02 Å². The predicted octanol–water partition coefficient (Wildman–Crippen LogP) is 3.71. The summed E-state index contributed by atoms with van der Waals surface area (Å²) >= 11 is 7.71. The van der Waals surface area contributed by atoms with Crippen molar-refractivity contribution in [1.29, 1.82) is 0 Å². The molecule has 1 amide bonds. The van der Waals surface area contributed by atoms with E-state index in [0.717, 1.165) is 16.3 Å². The van der Waals surface area contributed by atoms with Crippen molar-refractivity contribution in [3.63, 3.8) is 0 Å². The molecule has 3 fully saturated rings. The van der Waals surface area contributed by atoms with Gasteiger partial charge in [-0.2, -0.15) is 0 Å². The summed E-state index contributed by atoms with van der Waals surface area (Å²) in [6.45, 7) is 3.35. The molecule has 1 aromatic heterocycles. The third-order valence-corrected chi connectivity index (χ3v) is 6.55. The highest BCUT2D eigenvalue weighted by atomic mass is 35.5. The lowest BCUT2D eigenvalue weighted by Crippen LogP contribution is -2.57. The van der Waals surface area contributed by atoms with E-state index in [4.69, 9.17) is 11.6 Å². The molecule has 1 N–H and O–H groups in total. The summed E-state index contributed by atoms with van der Waals surface area (Å²) in [7, 11) is 0. The van der Waals surface area contributed by atoms with Gasteiger partial charge in [-0.05, 0) is 62.2 Å². The highest BCUT2D eigenvalue weighted by molar-refractivity contribution is 7.99. The van der Waals surface area contributed by atoms with Crippen LogP contribution in [0.4, 0.5) is 0 Å². The molecule has 1 atom stereocenters. The van der Waals surface area contributed by atoms with E-state index < -0.39 is 0 Å². The van der Waals surface area contributed by atoms with E-state index in [-0.39, 0.29) is 5.91 Å². The molecule has 0 aliphatic carbocycles. The van der Waals surface area contributed by atoms with Gasteiger partial charge in [0.2, 0.25) is 0 Å². The number of pyridine rings is 1. The number of rotatable bonds is 4.